The van der Waals surface area contributed by atoms with Crippen LogP contribution in [0.2, 0.25) is 0 Å². The average Bonchev–Trinajstić information content (AvgIpc) is 2.91. The van der Waals surface area contributed by atoms with E-state index in [2.05, 4.69) is 19.9 Å². The molecule has 2 unspecified atom stereocenters. The molecule has 0 amide bonds. The maximum absolute atomic E-state index is 11.4. The first kappa shape index (κ1) is 16.5. The van der Waals surface area contributed by atoms with Crippen molar-refractivity contribution in [2.24, 2.45) is 16.8 Å². The average molecular weight is 316 g/mol. The van der Waals surface area contributed by atoms with Gasteiger partial charge < -0.3 is 10.2 Å². The van der Waals surface area contributed by atoms with Gasteiger partial charge in [0.05, 0.1) is 5.75 Å². The molecule has 0 spiro atoms. The molecule has 1 heterocycles. The summed E-state index contributed by atoms with van der Waals surface area (Å²) in [6, 6.07) is 0. The third-order valence-corrected chi connectivity index (χ3v) is 6.00. The number of hydrogen-bond donors (Lipinski definition) is 2. The minimum atomic E-state index is -3.10. The fourth-order valence-electron chi connectivity index (χ4n) is 3.39. The summed E-state index contributed by atoms with van der Waals surface area (Å²) in [4.78, 5) is 6.66. The van der Waals surface area contributed by atoms with E-state index >= 15 is 0 Å². The van der Waals surface area contributed by atoms with Crippen LogP contribution in [0.1, 0.15) is 32.6 Å². The van der Waals surface area contributed by atoms with Crippen LogP contribution >= 0.6 is 0 Å². The molecule has 0 aromatic carbocycles. The van der Waals surface area contributed by atoms with E-state index in [-0.39, 0.29) is 5.75 Å². The third-order valence-electron chi connectivity index (χ3n) is 4.60. The van der Waals surface area contributed by atoms with Crippen LogP contribution in [0.3, 0.4) is 0 Å². The first-order chi connectivity index (χ1) is 10.1. The Labute approximate surface area is 128 Å². The lowest BCUT2D eigenvalue weighted by Gasteiger charge is -2.22. The normalized spacial score (nSPS) is 26.8. The Morgan fingerprint density at radius 3 is 2.33 bits per heavy atom. The zero-order valence-electron chi connectivity index (χ0n) is 13.1. The fraction of sp³-hybridized carbons (Fsp3) is 0.929. The summed E-state index contributed by atoms with van der Waals surface area (Å²) in [6.45, 7) is 4.78. The van der Waals surface area contributed by atoms with Gasteiger partial charge in [0, 0.05) is 33.2 Å². The topological polar surface area (TPSA) is 73.8 Å². The van der Waals surface area contributed by atoms with Gasteiger partial charge in [-0.1, -0.05) is 12.8 Å². The Morgan fingerprint density at radius 1 is 1.19 bits per heavy atom. The second kappa shape index (κ2) is 7.45. The number of fused-ring (bicyclic) bond motifs is 1. The highest BCUT2D eigenvalue weighted by Crippen LogP contribution is 2.35. The van der Waals surface area contributed by atoms with Crippen LogP contribution in [0.25, 0.3) is 0 Å². The van der Waals surface area contributed by atoms with Gasteiger partial charge in [0.1, 0.15) is 0 Å². The molecule has 0 bridgehead atoms. The molecule has 2 aliphatic rings. The van der Waals surface area contributed by atoms with Crippen LogP contribution in [-0.2, 0) is 10.0 Å². The summed E-state index contributed by atoms with van der Waals surface area (Å²) < 4.78 is 25.3. The Bertz CT molecular complexity index is 450. The summed E-state index contributed by atoms with van der Waals surface area (Å²) in [5.41, 5.74) is 0. The quantitative estimate of drug-likeness (QED) is 0.443. The molecule has 2 atom stereocenters. The Kier molecular flexibility index (Phi) is 5.87. The molecule has 122 valence electrons. The molecule has 0 aromatic rings. The van der Waals surface area contributed by atoms with Crippen molar-refractivity contribution in [2.45, 2.75) is 32.6 Å². The Morgan fingerprint density at radius 2 is 1.81 bits per heavy atom. The molecule has 0 radical (unpaired) electrons. The van der Waals surface area contributed by atoms with E-state index in [1.807, 2.05) is 0 Å². The van der Waals surface area contributed by atoms with Crippen molar-refractivity contribution >= 4 is 16.0 Å². The SMILES string of the molecule is CCS(=O)(=O)NCCNC(=NC)N1CC2CCCCC2C1. The molecular weight excluding hydrogens is 288 g/mol. The number of nitrogens with one attached hydrogen (secondary N) is 2. The highest BCUT2D eigenvalue weighted by molar-refractivity contribution is 7.89. The summed E-state index contributed by atoms with van der Waals surface area (Å²) in [7, 11) is -1.31. The zero-order chi connectivity index (χ0) is 15.3. The minimum Gasteiger partial charge on any atom is -0.355 e. The molecular formula is C14H28N4O2S. The first-order valence-corrected chi connectivity index (χ1v) is 9.64. The zero-order valence-corrected chi connectivity index (χ0v) is 14.0. The number of aliphatic imine (C=N–C) groups is 1. The summed E-state index contributed by atoms with van der Waals surface area (Å²) in [5.74, 6) is 2.66. The van der Waals surface area contributed by atoms with Gasteiger partial charge in [0.2, 0.25) is 10.0 Å². The number of likely N-dealkylation sites (tertiary alicyclic amines) is 1. The number of rotatable bonds is 5. The van der Waals surface area contributed by atoms with Crippen molar-refractivity contribution in [1.82, 2.24) is 14.9 Å². The maximum atomic E-state index is 11.4. The van der Waals surface area contributed by atoms with Gasteiger partial charge in [0.15, 0.2) is 5.96 Å². The molecule has 1 saturated carbocycles. The lowest BCUT2D eigenvalue weighted by Crippen LogP contribution is -2.43. The van der Waals surface area contributed by atoms with Gasteiger partial charge in [-0.25, -0.2) is 13.1 Å². The van der Waals surface area contributed by atoms with Crippen LogP contribution in [0.5, 0.6) is 0 Å². The predicted octanol–water partition coefficient (Wildman–Crippen LogP) is 0.623. The van der Waals surface area contributed by atoms with Gasteiger partial charge in [-0.2, -0.15) is 0 Å². The standard InChI is InChI=1S/C14H28N4O2S/c1-3-21(19,20)17-9-8-16-14(15-2)18-10-12-6-4-5-7-13(12)11-18/h12-13,17H,3-11H2,1-2H3,(H,15,16). The minimum absolute atomic E-state index is 0.122. The van der Waals surface area contributed by atoms with E-state index in [0.29, 0.717) is 13.1 Å². The van der Waals surface area contributed by atoms with Gasteiger partial charge in [-0.05, 0) is 31.6 Å². The molecule has 1 aliphatic carbocycles. The predicted molar refractivity (Wildman–Crippen MR) is 85.8 cm³/mol. The first-order valence-electron chi connectivity index (χ1n) is 7.98. The van der Waals surface area contributed by atoms with E-state index in [4.69, 9.17) is 0 Å². The van der Waals surface area contributed by atoms with Gasteiger partial charge in [-0.3, -0.25) is 4.99 Å². The van der Waals surface area contributed by atoms with E-state index in [0.717, 1.165) is 30.9 Å². The molecule has 1 aliphatic heterocycles. The van der Waals surface area contributed by atoms with Gasteiger partial charge in [-0.15, -0.1) is 0 Å². The third kappa shape index (κ3) is 4.57. The van der Waals surface area contributed by atoms with Crippen molar-refractivity contribution in [1.29, 1.82) is 0 Å². The lowest BCUT2D eigenvalue weighted by molar-refractivity contribution is 0.299. The molecule has 6 nitrogen and oxygen atoms in total. The van der Waals surface area contributed by atoms with Crippen molar-refractivity contribution in [3.05, 3.63) is 0 Å². The lowest BCUT2D eigenvalue weighted by atomic mass is 9.82. The monoisotopic (exact) mass is 316 g/mol. The molecule has 2 fully saturated rings. The molecule has 2 rings (SSSR count). The number of nitrogens with zero attached hydrogens (tertiary/aromatic N) is 2. The van der Waals surface area contributed by atoms with Crippen LogP contribution in [0.15, 0.2) is 4.99 Å². The number of hydrogen-bond acceptors (Lipinski definition) is 3. The van der Waals surface area contributed by atoms with Crippen LogP contribution in [0, 0.1) is 11.8 Å². The largest absolute Gasteiger partial charge is 0.355 e. The van der Waals surface area contributed by atoms with Crippen LogP contribution in [0.4, 0.5) is 0 Å². The highest BCUT2D eigenvalue weighted by atomic mass is 32.2. The number of sulfonamides is 1. The summed E-state index contributed by atoms with van der Waals surface area (Å²) >= 11 is 0. The molecule has 0 aromatic heterocycles. The summed E-state index contributed by atoms with van der Waals surface area (Å²) in [5, 5.41) is 3.27. The van der Waals surface area contributed by atoms with Crippen LogP contribution in [-0.4, -0.2) is 58.3 Å². The maximum Gasteiger partial charge on any atom is 0.211 e. The van der Waals surface area contributed by atoms with Gasteiger partial charge >= 0.3 is 0 Å². The fourth-order valence-corrected chi connectivity index (χ4v) is 4.01. The van der Waals surface area contributed by atoms with Crippen molar-refractivity contribution in [3.63, 3.8) is 0 Å². The smallest absolute Gasteiger partial charge is 0.211 e. The molecule has 1 saturated heterocycles. The van der Waals surface area contributed by atoms with Crippen LogP contribution < -0.4 is 10.0 Å². The van der Waals surface area contributed by atoms with Crippen molar-refractivity contribution < 1.29 is 8.42 Å². The van der Waals surface area contributed by atoms with E-state index < -0.39 is 10.0 Å². The van der Waals surface area contributed by atoms with E-state index in [9.17, 15) is 8.42 Å². The highest BCUT2D eigenvalue weighted by Gasteiger charge is 2.35. The second-order valence-corrected chi connectivity index (χ2v) is 8.08. The number of guanidine groups is 1. The molecule has 7 heteroatoms. The Hall–Kier alpha value is -0.820. The summed E-state index contributed by atoms with van der Waals surface area (Å²) in [6.07, 6.45) is 5.41. The molecule has 21 heavy (non-hydrogen) atoms. The van der Waals surface area contributed by atoms with E-state index in [1.165, 1.54) is 25.7 Å². The Balaban J connectivity index is 1.76. The molecule has 2 N–H and O–H groups in total. The second-order valence-electron chi connectivity index (χ2n) is 5.98. The van der Waals surface area contributed by atoms with Crippen molar-refractivity contribution in [3.8, 4) is 0 Å². The van der Waals surface area contributed by atoms with E-state index in [1.54, 1.807) is 14.0 Å². The van der Waals surface area contributed by atoms with Crippen molar-refractivity contribution in [2.75, 3.05) is 39.0 Å². The van der Waals surface area contributed by atoms with Gasteiger partial charge in [0.25, 0.3) is 0 Å².